The maximum atomic E-state index is 10.9. The van der Waals surface area contributed by atoms with E-state index < -0.39 is 10.1 Å². The van der Waals surface area contributed by atoms with Crippen molar-refractivity contribution in [2.24, 2.45) is 11.8 Å². The van der Waals surface area contributed by atoms with Crippen LogP contribution in [0.5, 0.6) is 0 Å². The van der Waals surface area contributed by atoms with Crippen LogP contribution in [0, 0.1) is 11.8 Å². The van der Waals surface area contributed by atoms with E-state index in [1.165, 1.54) is 0 Å². The second-order valence-corrected chi connectivity index (χ2v) is 5.93. The number of aliphatic hydroxyl groups excluding tert-OH is 1. The smallest absolute Gasteiger partial charge is 0.264 e. The Bertz CT molecular complexity index is 386. The van der Waals surface area contributed by atoms with Crippen LogP contribution in [0.1, 0.15) is 6.42 Å². The van der Waals surface area contributed by atoms with E-state index in [4.69, 9.17) is 8.92 Å². The highest BCUT2D eigenvalue weighted by atomic mass is 32.2. The van der Waals surface area contributed by atoms with Crippen molar-refractivity contribution < 1.29 is 22.4 Å². The molecule has 1 aliphatic carbocycles. The Balaban J connectivity index is 2.04. The molecule has 92 valence electrons. The topological polar surface area (TPSA) is 72.8 Å². The summed E-state index contributed by atoms with van der Waals surface area (Å²) < 4.78 is 32.2. The van der Waals surface area contributed by atoms with Gasteiger partial charge in [0.25, 0.3) is 10.1 Å². The van der Waals surface area contributed by atoms with Gasteiger partial charge in [-0.2, -0.15) is 8.42 Å². The third-order valence-corrected chi connectivity index (χ3v) is 3.76. The van der Waals surface area contributed by atoms with Gasteiger partial charge in [-0.25, -0.2) is 0 Å². The molecule has 0 bridgehead atoms. The molecule has 16 heavy (non-hydrogen) atoms. The molecule has 0 spiro atoms. The molecular weight excluding hydrogens is 232 g/mol. The van der Waals surface area contributed by atoms with Gasteiger partial charge in [-0.1, -0.05) is 6.08 Å². The van der Waals surface area contributed by atoms with Gasteiger partial charge in [-0.05, 0) is 17.9 Å². The number of ether oxygens (including phenoxy) is 1. The van der Waals surface area contributed by atoms with Crippen molar-refractivity contribution in [1.82, 2.24) is 0 Å². The quantitative estimate of drug-likeness (QED) is 0.556. The normalized spacial score (nSPS) is 33.9. The van der Waals surface area contributed by atoms with Crippen LogP contribution in [0.3, 0.4) is 0 Å². The van der Waals surface area contributed by atoms with Crippen LogP contribution >= 0.6 is 0 Å². The Hall–Kier alpha value is -0.430. The summed E-state index contributed by atoms with van der Waals surface area (Å²) in [5.41, 5.74) is 0.832. The summed E-state index contributed by atoms with van der Waals surface area (Å²) in [6.07, 6.45) is 3.85. The Morgan fingerprint density at radius 2 is 2.38 bits per heavy atom. The average Bonchev–Trinajstić information content (AvgIpc) is 2.72. The Morgan fingerprint density at radius 1 is 1.62 bits per heavy atom. The van der Waals surface area contributed by atoms with Gasteiger partial charge >= 0.3 is 0 Å². The SMILES string of the molecule is CS(=O)(=O)OC[C@@H]1C(CO)=C[C@@H]2OCC[C@@H]21. The Morgan fingerprint density at radius 3 is 3.00 bits per heavy atom. The van der Waals surface area contributed by atoms with Crippen molar-refractivity contribution in [2.75, 3.05) is 26.1 Å². The molecule has 0 radical (unpaired) electrons. The van der Waals surface area contributed by atoms with Crippen LogP contribution in [0.15, 0.2) is 11.6 Å². The molecule has 0 aromatic rings. The monoisotopic (exact) mass is 248 g/mol. The largest absolute Gasteiger partial charge is 0.392 e. The first-order valence-electron chi connectivity index (χ1n) is 5.28. The van der Waals surface area contributed by atoms with Gasteiger partial charge in [0, 0.05) is 12.5 Å². The molecule has 1 N–H and O–H groups in total. The summed E-state index contributed by atoms with van der Waals surface area (Å²) in [4.78, 5) is 0. The van der Waals surface area contributed by atoms with Crippen LogP contribution in [0.2, 0.25) is 0 Å². The van der Waals surface area contributed by atoms with Gasteiger partial charge < -0.3 is 9.84 Å². The lowest BCUT2D eigenvalue weighted by Gasteiger charge is -2.19. The van der Waals surface area contributed by atoms with E-state index in [9.17, 15) is 13.5 Å². The number of hydrogen-bond donors (Lipinski definition) is 1. The number of fused-ring (bicyclic) bond motifs is 1. The molecule has 2 rings (SSSR count). The maximum Gasteiger partial charge on any atom is 0.264 e. The molecule has 0 unspecified atom stereocenters. The van der Waals surface area contributed by atoms with E-state index in [0.29, 0.717) is 6.61 Å². The predicted octanol–water partition coefficient (Wildman–Crippen LogP) is -0.0838. The standard InChI is InChI=1S/C10H16O5S/c1-16(12,13)15-6-9-7(5-11)4-10-8(9)2-3-14-10/h4,8-11H,2-3,5-6H2,1H3/t8-,9-,10+/m1/s1. The zero-order chi connectivity index (χ0) is 11.8. The summed E-state index contributed by atoms with van der Waals surface area (Å²) in [6, 6.07) is 0. The van der Waals surface area contributed by atoms with Crippen molar-refractivity contribution in [2.45, 2.75) is 12.5 Å². The Kier molecular flexibility index (Phi) is 3.34. The first-order valence-corrected chi connectivity index (χ1v) is 7.10. The maximum absolute atomic E-state index is 10.9. The molecule has 1 fully saturated rings. The lowest BCUT2D eigenvalue weighted by molar-refractivity contribution is 0.119. The fourth-order valence-electron chi connectivity index (χ4n) is 2.44. The average molecular weight is 248 g/mol. The van der Waals surface area contributed by atoms with Gasteiger partial charge in [-0.3, -0.25) is 4.18 Å². The van der Waals surface area contributed by atoms with Crippen molar-refractivity contribution in [3.8, 4) is 0 Å². The summed E-state index contributed by atoms with van der Waals surface area (Å²) in [7, 11) is -3.42. The molecule has 2 aliphatic rings. The molecule has 1 heterocycles. The summed E-state index contributed by atoms with van der Waals surface area (Å²) in [5, 5.41) is 9.19. The Labute approximate surface area is 95.2 Å². The van der Waals surface area contributed by atoms with Gasteiger partial charge in [0.1, 0.15) is 0 Å². The molecular formula is C10H16O5S. The molecule has 3 atom stereocenters. The zero-order valence-electron chi connectivity index (χ0n) is 9.13. The minimum absolute atomic E-state index is 0.0234. The molecule has 0 aromatic carbocycles. The third kappa shape index (κ3) is 2.45. The highest BCUT2D eigenvalue weighted by Gasteiger charge is 2.41. The van der Waals surface area contributed by atoms with Crippen LogP contribution < -0.4 is 0 Å². The van der Waals surface area contributed by atoms with E-state index in [0.717, 1.165) is 18.2 Å². The van der Waals surface area contributed by atoms with E-state index >= 15 is 0 Å². The summed E-state index contributed by atoms with van der Waals surface area (Å²) in [6.45, 7) is 0.740. The van der Waals surface area contributed by atoms with Gasteiger partial charge in [0.05, 0.1) is 25.6 Å². The first kappa shape index (κ1) is 12.0. The molecule has 0 amide bonds. The molecule has 5 nitrogen and oxygen atoms in total. The van der Waals surface area contributed by atoms with Crippen LogP contribution in [0.25, 0.3) is 0 Å². The molecule has 6 heteroatoms. The third-order valence-electron chi connectivity index (χ3n) is 3.20. The predicted molar refractivity (Wildman–Crippen MR) is 57.3 cm³/mol. The summed E-state index contributed by atoms with van der Waals surface area (Å²) in [5.74, 6) is 0.219. The van der Waals surface area contributed by atoms with Crippen LogP contribution in [0.4, 0.5) is 0 Å². The van der Waals surface area contributed by atoms with Crippen LogP contribution in [-0.4, -0.2) is 45.7 Å². The van der Waals surface area contributed by atoms with E-state index in [1.807, 2.05) is 6.08 Å². The van der Waals surface area contributed by atoms with Gasteiger partial charge in [0.2, 0.25) is 0 Å². The lowest BCUT2D eigenvalue weighted by Crippen LogP contribution is -2.23. The highest BCUT2D eigenvalue weighted by molar-refractivity contribution is 7.85. The highest BCUT2D eigenvalue weighted by Crippen LogP contribution is 2.40. The fourth-order valence-corrected chi connectivity index (χ4v) is 2.83. The minimum Gasteiger partial charge on any atom is -0.392 e. The van der Waals surface area contributed by atoms with Gasteiger partial charge in [0.15, 0.2) is 0 Å². The minimum atomic E-state index is -3.42. The molecule has 0 aromatic heterocycles. The molecule has 0 saturated carbocycles. The van der Waals surface area contributed by atoms with E-state index in [1.54, 1.807) is 0 Å². The second-order valence-electron chi connectivity index (χ2n) is 4.28. The lowest BCUT2D eigenvalue weighted by atomic mass is 9.90. The van der Waals surface area contributed by atoms with E-state index in [2.05, 4.69) is 0 Å². The number of aliphatic hydroxyl groups is 1. The molecule has 1 saturated heterocycles. The van der Waals surface area contributed by atoms with Crippen molar-refractivity contribution in [3.05, 3.63) is 11.6 Å². The second kappa shape index (κ2) is 4.44. The number of rotatable bonds is 4. The van der Waals surface area contributed by atoms with Crippen molar-refractivity contribution >= 4 is 10.1 Å². The molecule has 1 aliphatic heterocycles. The zero-order valence-corrected chi connectivity index (χ0v) is 9.94. The van der Waals surface area contributed by atoms with Crippen molar-refractivity contribution in [1.29, 1.82) is 0 Å². The summed E-state index contributed by atoms with van der Waals surface area (Å²) >= 11 is 0. The van der Waals surface area contributed by atoms with Gasteiger partial charge in [-0.15, -0.1) is 0 Å². The van der Waals surface area contributed by atoms with Crippen LogP contribution in [-0.2, 0) is 19.0 Å². The van der Waals surface area contributed by atoms with E-state index in [-0.39, 0.29) is 31.2 Å². The first-order chi connectivity index (χ1) is 7.51. The van der Waals surface area contributed by atoms with Crippen molar-refractivity contribution in [3.63, 3.8) is 0 Å². The number of hydrogen-bond acceptors (Lipinski definition) is 5. The fraction of sp³-hybridized carbons (Fsp3) is 0.800.